The van der Waals surface area contributed by atoms with Crippen LogP contribution in [0.25, 0.3) is 0 Å². The van der Waals surface area contributed by atoms with Crippen LogP contribution in [0.5, 0.6) is 0 Å². The minimum absolute atomic E-state index is 0.121. The van der Waals surface area contributed by atoms with Gasteiger partial charge in [0.05, 0.1) is 17.4 Å². The first-order chi connectivity index (χ1) is 9.51. The topological polar surface area (TPSA) is 49.6 Å². The molecule has 1 fully saturated rings. The quantitative estimate of drug-likeness (QED) is 0.837. The lowest BCUT2D eigenvalue weighted by molar-refractivity contribution is -0.131. The van der Waals surface area contributed by atoms with Crippen molar-refractivity contribution < 1.29 is 4.79 Å². The summed E-state index contributed by atoms with van der Waals surface area (Å²) in [4.78, 5) is 17.2. The van der Waals surface area contributed by atoms with Crippen LogP contribution in [0.15, 0.2) is 12.1 Å². The number of carbonyl (C=O) groups is 1. The summed E-state index contributed by atoms with van der Waals surface area (Å²) in [5.74, 6) is 0.801. The number of thiophene rings is 1. The van der Waals surface area contributed by atoms with Gasteiger partial charge in [-0.05, 0) is 37.9 Å². The Hall–Kier alpha value is -0.620. The van der Waals surface area contributed by atoms with Crippen molar-refractivity contribution >= 4 is 28.8 Å². The van der Waals surface area contributed by atoms with E-state index in [1.165, 1.54) is 24.2 Å². The van der Waals surface area contributed by atoms with Gasteiger partial charge in [-0.2, -0.15) is 0 Å². The van der Waals surface area contributed by atoms with Gasteiger partial charge in [-0.3, -0.25) is 9.69 Å². The van der Waals surface area contributed by atoms with Gasteiger partial charge in [0.2, 0.25) is 5.91 Å². The van der Waals surface area contributed by atoms with Crippen LogP contribution >= 0.6 is 22.9 Å². The van der Waals surface area contributed by atoms with Crippen LogP contribution in [-0.2, 0) is 11.3 Å². The number of amides is 1. The molecular formula is C14H22ClN3OS. The maximum atomic E-state index is 12.2. The molecule has 0 radical (unpaired) electrons. The summed E-state index contributed by atoms with van der Waals surface area (Å²) < 4.78 is 0.759. The van der Waals surface area contributed by atoms with E-state index in [-0.39, 0.29) is 5.91 Å². The second-order valence-corrected chi connectivity index (χ2v) is 7.31. The van der Waals surface area contributed by atoms with E-state index in [1.54, 1.807) is 4.90 Å². The van der Waals surface area contributed by atoms with Gasteiger partial charge in [0, 0.05) is 24.5 Å². The van der Waals surface area contributed by atoms with E-state index in [1.807, 2.05) is 26.2 Å². The van der Waals surface area contributed by atoms with Gasteiger partial charge in [-0.25, -0.2) is 0 Å². The molecule has 0 bridgehead atoms. The molecule has 1 heterocycles. The Morgan fingerprint density at radius 1 is 1.50 bits per heavy atom. The number of halogens is 1. The molecule has 0 aliphatic heterocycles. The molecule has 1 saturated carbocycles. The predicted molar refractivity (Wildman–Crippen MR) is 84.0 cm³/mol. The highest BCUT2D eigenvalue weighted by Crippen LogP contribution is 2.34. The number of nitrogens with two attached hydrogens (primary N) is 1. The molecule has 20 heavy (non-hydrogen) atoms. The monoisotopic (exact) mass is 315 g/mol. The Labute approximate surface area is 129 Å². The third-order valence-electron chi connectivity index (χ3n) is 3.81. The van der Waals surface area contributed by atoms with E-state index >= 15 is 0 Å². The summed E-state index contributed by atoms with van der Waals surface area (Å²) in [6.07, 6.45) is 2.48. The molecule has 4 nitrogen and oxygen atoms in total. The molecule has 112 valence electrons. The van der Waals surface area contributed by atoms with Crippen LogP contribution in [0.3, 0.4) is 0 Å². The van der Waals surface area contributed by atoms with Gasteiger partial charge in [-0.15, -0.1) is 11.3 Å². The first-order valence-electron chi connectivity index (χ1n) is 6.89. The third kappa shape index (κ3) is 4.19. The largest absolute Gasteiger partial charge is 0.340 e. The van der Waals surface area contributed by atoms with Crippen LogP contribution in [0.4, 0.5) is 0 Å². The highest BCUT2D eigenvalue weighted by atomic mass is 35.5. The zero-order valence-corrected chi connectivity index (χ0v) is 13.6. The fourth-order valence-electron chi connectivity index (χ4n) is 2.42. The SMILES string of the molecule is CN(Cc1ccc(Cl)s1)C(=O)CN(C)C(CN)C1CC1. The maximum Gasteiger partial charge on any atom is 0.236 e. The molecule has 0 spiro atoms. The number of rotatable bonds is 7. The van der Waals surface area contributed by atoms with E-state index in [4.69, 9.17) is 17.3 Å². The van der Waals surface area contributed by atoms with Crippen molar-refractivity contribution in [3.8, 4) is 0 Å². The van der Waals surface area contributed by atoms with E-state index in [0.29, 0.717) is 31.6 Å². The van der Waals surface area contributed by atoms with Crippen molar-refractivity contribution in [1.82, 2.24) is 9.80 Å². The highest BCUT2D eigenvalue weighted by molar-refractivity contribution is 7.16. The number of hydrogen-bond donors (Lipinski definition) is 1. The van der Waals surface area contributed by atoms with E-state index in [2.05, 4.69) is 4.90 Å². The molecule has 2 N–H and O–H groups in total. The first kappa shape index (κ1) is 15.8. The fraction of sp³-hybridized carbons (Fsp3) is 0.643. The van der Waals surface area contributed by atoms with Gasteiger partial charge in [0.25, 0.3) is 0 Å². The van der Waals surface area contributed by atoms with Crippen molar-refractivity contribution in [3.05, 3.63) is 21.3 Å². The summed E-state index contributed by atoms with van der Waals surface area (Å²) in [6.45, 7) is 1.66. The Balaban J connectivity index is 1.83. The zero-order valence-electron chi connectivity index (χ0n) is 12.0. The normalized spacial score (nSPS) is 16.4. The molecule has 2 rings (SSSR count). The average molecular weight is 316 g/mol. The van der Waals surface area contributed by atoms with Crippen LogP contribution in [0.2, 0.25) is 4.34 Å². The minimum Gasteiger partial charge on any atom is -0.340 e. The van der Waals surface area contributed by atoms with Crippen molar-refractivity contribution in [2.24, 2.45) is 11.7 Å². The van der Waals surface area contributed by atoms with Crippen molar-refractivity contribution in [1.29, 1.82) is 0 Å². The second kappa shape index (κ2) is 6.89. The Morgan fingerprint density at radius 3 is 2.70 bits per heavy atom. The van der Waals surface area contributed by atoms with Crippen LogP contribution in [-0.4, -0.2) is 48.9 Å². The number of hydrogen-bond acceptors (Lipinski definition) is 4. The third-order valence-corrected chi connectivity index (χ3v) is 5.02. The summed E-state index contributed by atoms with van der Waals surface area (Å²) >= 11 is 7.42. The Morgan fingerprint density at radius 2 is 2.20 bits per heavy atom. The predicted octanol–water partition coefficient (Wildman–Crippen LogP) is 2.03. The zero-order chi connectivity index (χ0) is 14.7. The van der Waals surface area contributed by atoms with Crippen LogP contribution in [0, 0.1) is 5.92 Å². The van der Waals surface area contributed by atoms with Crippen LogP contribution in [0.1, 0.15) is 17.7 Å². The molecule has 1 atom stereocenters. The van der Waals surface area contributed by atoms with Crippen molar-refractivity contribution in [2.45, 2.75) is 25.4 Å². The molecule has 1 amide bonds. The number of likely N-dealkylation sites (N-methyl/N-ethyl adjacent to an activating group) is 2. The molecule has 0 saturated heterocycles. The van der Waals surface area contributed by atoms with E-state index in [0.717, 1.165) is 9.21 Å². The molecule has 6 heteroatoms. The summed E-state index contributed by atoms with van der Waals surface area (Å²) in [7, 11) is 3.82. The lowest BCUT2D eigenvalue weighted by Gasteiger charge is -2.28. The Kier molecular flexibility index (Phi) is 5.43. The summed E-state index contributed by atoms with van der Waals surface area (Å²) in [6, 6.07) is 4.17. The standard InChI is InChI=1S/C14H22ClN3OS/c1-17(12(7-16)10-3-4-10)9-14(19)18(2)8-11-5-6-13(15)20-11/h5-6,10,12H,3-4,7-9,16H2,1-2H3. The van der Waals surface area contributed by atoms with Gasteiger partial charge in [0.15, 0.2) is 0 Å². The molecule has 1 aliphatic carbocycles. The van der Waals surface area contributed by atoms with E-state index in [9.17, 15) is 4.79 Å². The number of nitrogens with zero attached hydrogens (tertiary/aromatic N) is 2. The first-order valence-corrected chi connectivity index (χ1v) is 8.09. The maximum absolute atomic E-state index is 12.2. The molecular weight excluding hydrogens is 294 g/mol. The van der Waals surface area contributed by atoms with Gasteiger partial charge in [0.1, 0.15) is 0 Å². The lowest BCUT2D eigenvalue weighted by Crippen LogP contribution is -2.45. The minimum atomic E-state index is 0.121. The van der Waals surface area contributed by atoms with Gasteiger partial charge in [-0.1, -0.05) is 11.6 Å². The lowest BCUT2D eigenvalue weighted by atomic mass is 10.1. The fourth-order valence-corrected chi connectivity index (χ4v) is 3.56. The van der Waals surface area contributed by atoms with Gasteiger partial charge >= 0.3 is 0 Å². The van der Waals surface area contributed by atoms with E-state index < -0.39 is 0 Å². The molecule has 1 aliphatic rings. The van der Waals surface area contributed by atoms with Crippen molar-refractivity contribution in [3.63, 3.8) is 0 Å². The summed E-state index contributed by atoms with van der Waals surface area (Å²) in [5.41, 5.74) is 5.81. The number of carbonyl (C=O) groups excluding carboxylic acids is 1. The van der Waals surface area contributed by atoms with Gasteiger partial charge < -0.3 is 10.6 Å². The average Bonchev–Trinajstić information content (AvgIpc) is 3.14. The highest BCUT2D eigenvalue weighted by Gasteiger charge is 2.33. The second-order valence-electron chi connectivity index (χ2n) is 5.51. The van der Waals surface area contributed by atoms with Crippen LogP contribution < -0.4 is 5.73 Å². The Bertz CT molecular complexity index is 461. The molecule has 1 aromatic heterocycles. The molecule has 1 aromatic rings. The molecule has 0 aromatic carbocycles. The smallest absolute Gasteiger partial charge is 0.236 e. The summed E-state index contributed by atoms with van der Waals surface area (Å²) in [5, 5.41) is 0. The van der Waals surface area contributed by atoms with Crippen molar-refractivity contribution in [2.75, 3.05) is 27.2 Å². The molecule has 1 unspecified atom stereocenters.